The first-order valence-electron chi connectivity index (χ1n) is 12.5. The topological polar surface area (TPSA) is 43.1 Å². The molecule has 0 aliphatic heterocycles. The number of hydrogen-bond acceptors (Lipinski definition) is 1. The Labute approximate surface area is 224 Å². The van der Waals surface area contributed by atoms with Gasteiger partial charge in [0.15, 0.2) is 0 Å². The summed E-state index contributed by atoms with van der Waals surface area (Å²) in [5.74, 6) is -1.97. The summed E-state index contributed by atoms with van der Waals surface area (Å²) in [5, 5.41) is 0. The lowest BCUT2D eigenvalue weighted by atomic mass is 9.89. The number of alkyl halides is 6. The molecule has 0 radical (unpaired) electrons. The van der Waals surface area contributed by atoms with E-state index in [-0.39, 0.29) is 35.1 Å². The Hall–Kier alpha value is -3.36. The molecule has 0 fully saturated rings. The molecule has 212 valence electrons. The van der Waals surface area contributed by atoms with Crippen LogP contribution >= 0.6 is 0 Å². The summed E-state index contributed by atoms with van der Waals surface area (Å²) in [6, 6.07) is 1.42. The molecule has 9 heteroatoms. The second-order valence-corrected chi connectivity index (χ2v) is 9.45. The zero-order valence-corrected chi connectivity index (χ0v) is 22.0. The molecule has 1 aliphatic rings. The molecule has 2 atom stereocenters. The van der Waals surface area contributed by atoms with Crippen LogP contribution in [0.5, 0.6) is 0 Å². The van der Waals surface area contributed by atoms with Crippen molar-refractivity contribution in [1.82, 2.24) is 0 Å². The highest BCUT2D eigenvalue weighted by atomic mass is 19.4. The second-order valence-electron chi connectivity index (χ2n) is 9.45. The molecule has 39 heavy (non-hydrogen) atoms. The molecule has 0 saturated carbocycles. The first kappa shape index (κ1) is 31.9. The highest BCUT2D eigenvalue weighted by molar-refractivity contribution is 5.97. The van der Waals surface area contributed by atoms with Crippen LogP contribution in [0.25, 0.3) is 5.57 Å². The molecular weight excluding hydrogens is 523 g/mol. The van der Waals surface area contributed by atoms with E-state index in [2.05, 4.69) is 6.58 Å². The van der Waals surface area contributed by atoms with Gasteiger partial charge in [-0.25, -0.2) is 4.39 Å². The minimum atomic E-state index is -4.95. The number of carbonyl (C=O) groups excluding carboxylic acids is 1. The molecule has 2 N–H and O–H groups in total. The molecule has 1 amide bonds. The number of hydrogen-bond donors (Lipinski definition) is 1. The van der Waals surface area contributed by atoms with E-state index in [0.717, 1.165) is 5.57 Å². The number of amides is 1. The molecule has 1 aromatic rings. The van der Waals surface area contributed by atoms with Crippen LogP contribution in [0.2, 0.25) is 0 Å². The predicted molar refractivity (Wildman–Crippen MR) is 140 cm³/mol. The predicted octanol–water partition coefficient (Wildman–Crippen LogP) is 9.28. The fraction of sp³-hybridized carbons (Fsp3) is 0.367. The van der Waals surface area contributed by atoms with E-state index in [1.807, 2.05) is 13.8 Å². The summed E-state index contributed by atoms with van der Waals surface area (Å²) >= 11 is 0. The molecule has 2 unspecified atom stereocenters. The molecule has 1 aromatic carbocycles. The Morgan fingerprint density at radius 2 is 1.64 bits per heavy atom. The van der Waals surface area contributed by atoms with Gasteiger partial charge < -0.3 is 5.73 Å². The fourth-order valence-corrected chi connectivity index (χ4v) is 4.03. The van der Waals surface area contributed by atoms with Crippen LogP contribution in [0, 0.1) is 11.8 Å². The van der Waals surface area contributed by atoms with Crippen molar-refractivity contribution < 1.29 is 35.5 Å². The monoisotopic (exact) mass is 555 g/mol. The smallest absolute Gasteiger partial charge is 0.366 e. The standard InChI is InChI=1S/C30H32F7NO/c1-5-20(13-27(28(38)39)23-12-21(6-2)10-11-26(31)16-23)9-7-8-18(3)19(4)22-14-24(29(32,33)34)17-25(15-22)30(35,36)37/h7,9,11-18,20H,4-6,8,10H2,1-3H3,(H2,38,39). The van der Waals surface area contributed by atoms with Crippen molar-refractivity contribution in [2.24, 2.45) is 17.6 Å². The minimum Gasteiger partial charge on any atom is -0.366 e. The quantitative estimate of drug-likeness (QED) is 0.175. The SMILES string of the molecule is C=C(c1cc(C(F)(F)F)cc(C(F)(F)F)c1)C(C)CC=CC(C=C(C(N)=O)C1=CC(F)=CCC(CC)=C1)CC. The number of allylic oxidation sites excluding steroid dienone is 9. The lowest BCUT2D eigenvalue weighted by Crippen LogP contribution is -2.16. The third-order valence-corrected chi connectivity index (χ3v) is 6.52. The molecule has 0 bridgehead atoms. The van der Waals surface area contributed by atoms with Crippen molar-refractivity contribution >= 4 is 11.5 Å². The van der Waals surface area contributed by atoms with Crippen molar-refractivity contribution in [3.8, 4) is 0 Å². The van der Waals surface area contributed by atoms with Gasteiger partial charge in [-0.3, -0.25) is 4.79 Å². The Morgan fingerprint density at radius 3 is 2.13 bits per heavy atom. The summed E-state index contributed by atoms with van der Waals surface area (Å²) in [6.45, 7) is 9.19. The third-order valence-electron chi connectivity index (χ3n) is 6.52. The molecule has 0 spiro atoms. The van der Waals surface area contributed by atoms with E-state index >= 15 is 0 Å². The first-order chi connectivity index (χ1) is 18.1. The summed E-state index contributed by atoms with van der Waals surface area (Å²) in [5.41, 5.74) is 4.15. The zero-order chi connectivity index (χ0) is 29.5. The second kappa shape index (κ2) is 13.1. The van der Waals surface area contributed by atoms with Gasteiger partial charge in [0.1, 0.15) is 5.83 Å². The lowest BCUT2D eigenvalue weighted by molar-refractivity contribution is -0.143. The van der Waals surface area contributed by atoms with Gasteiger partial charge in [0.05, 0.1) is 11.1 Å². The highest BCUT2D eigenvalue weighted by Crippen LogP contribution is 2.39. The highest BCUT2D eigenvalue weighted by Gasteiger charge is 2.37. The minimum absolute atomic E-state index is 0.0832. The van der Waals surface area contributed by atoms with Gasteiger partial charge in [0.2, 0.25) is 5.91 Å². The van der Waals surface area contributed by atoms with Crippen molar-refractivity contribution in [2.45, 2.75) is 58.8 Å². The Kier molecular flexibility index (Phi) is 10.7. The van der Waals surface area contributed by atoms with Gasteiger partial charge in [-0.1, -0.05) is 57.2 Å². The van der Waals surface area contributed by atoms with Gasteiger partial charge >= 0.3 is 12.4 Å². The van der Waals surface area contributed by atoms with Crippen LogP contribution in [0.1, 0.15) is 63.1 Å². The van der Waals surface area contributed by atoms with Gasteiger partial charge in [0.25, 0.3) is 0 Å². The van der Waals surface area contributed by atoms with Crippen LogP contribution < -0.4 is 5.73 Å². The van der Waals surface area contributed by atoms with Crippen molar-refractivity contribution in [3.05, 3.63) is 100 Å². The average Bonchev–Trinajstić information content (AvgIpc) is 3.04. The van der Waals surface area contributed by atoms with Crippen LogP contribution in [-0.2, 0) is 17.1 Å². The number of nitrogens with two attached hydrogens (primary N) is 1. The van der Waals surface area contributed by atoms with E-state index in [0.29, 0.717) is 37.0 Å². The third kappa shape index (κ3) is 9.11. The Morgan fingerprint density at radius 1 is 1.05 bits per heavy atom. The normalized spacial score (nSPS) is 16.8. The van der Waals surface area contributed by atoms with Crippen LogP contribution in [-0.4, -0.2) is 5.91 Å². The zero-order valence-electron chi connectivity index (χ0n) is 22.0. The summed E-state index contributed by atoms with van der Waals surface area (Å²) in [6.07, 6.45) is 1.58. The summed E-state index contributed by atoms with van der Waals surface area (Å²) in [7, 11) is 0. The average molecular weight is 556 g/mol. The van der Waals surface area contributed by atoms with Crippen molar-refractivity contribution in [2.75, 3.05) is 0 Å². The number of rotatable bonds is 10. The molecule has 1 aliphatic carbocycles. The van der Waals surface area contributed by atoms with Crippen molar-refractivity contribution in [1.29, 1.82) is 0 Å². The largest absolute Gasteiger partial charge is 0.416 e. The lowest BCUT2D eigenvalue weighted by Gasteiger charge is -2.18. The molecule has 0 heterocycles. The maximum Gasteiger partial charge on any atom is 0.416 e. The fourth-order valence-electron chi connectivity index (χ4n) is 4.03. The Bertz CT molecular complexity index is 1190. The molecule has 2 nitrogen and oxygen atoms in total. The van der Waals surface area contributed by atoms with E-state index in [9.17, 15) is 35.5 Å². The van der Waals surface area contributed by atoms with E-state index in [1.54, 1.807) is 31.2 Å². The van der Waals surface area contributed by atoms with Crippen LogP contribution in [0.15, 0.2) is 83.8 Å². The van der Waals surface area contributed by atoms with Gasteiger partial charge in [0, 0.05) is 5.57 Å². The molecule has 2 rings (SSSR count). The maximum atomic E-state index is 14.2. The maximum absolute atomic E-state index is 14.2. The van der Waals surface area contributed by atoms with Gasteiger partial charge in [-0.05, 0) is 84.6 Å². The number of halogens is 7. The van der Waals surface area contributed by atoms with Gasteiger partial charge in [-0.15, -0.1) is 0 Å². The summed E-state index contributed by atoms with van der Waals surface area (Å²) in [4.78, 5) is 12.2. The number of benzene rings is 1. The van der Waals surface area contributed by atoms with Gasteiger partial charge in [-0.2, -0.15) is 26.3 Å². The molecule has 0 aromatic heterocycles. The number of primary amides is 1. The first-order valence-corrected chi connectivity index (χ1v) is 12.5. The van der Waals surface area contributed by atoms with E-state index < -0.39 is 41.1 Å². The van der Waals surface area contributed by atoms with Crippen LogP contribution in [0.3, 0.4) is 0 Å². The Balaban J connectivity index is 2.29. The molecule has 0 saturated heterocycles. The van der Waals surface area contributed by atoms with E-state index in [1.165, 1.54) is 12.2 Å². The van der Waals surface area contributed by atoms with E-state index in [4.69, 9.17) is 5.73 Å². The summed E-state index contributed by atoms with van der Waals surface area (Å²) < 4.78 is 93.6. The number of carbonyl (C=O) groups is 1. The van der Waals surface area contributed by atoms with Crippen LogP contribution in [0.4, 0.5) is 30.7 Å². The van der Waals surface area contributed by atoms with Crippen molar-refractivity contribution in [3.63, 3.8) is 0 Å². The molecular formula is C30H32F7NO.